The first-order valence-corrected chi connectivity index (χ1v) is 6.97. The van der Waals surface area contributed by atoms with Crippen molar-refractivity contribution < 1.29 is 4.74 Å². The number of nitrogens with one attached hydrogen (secondary N) is 1. The van der Waals surface area contributed by atoms with Gasteiger partial charge in [-0.05, 0) is 52.7 Å². The van der Waals surface area contributed by atoms with Crippen LogP contribution < -0.4 is 10.1 Å². The predicted molar refractivity (Wildman–Crippen MR) is 77.1 cm³/mol. The molecule has 0 unspecified atom stereocenters. The Morgan fingerprint density at radius 1 is 1.35 bits per heavy atom. The molecule has 1 aromatic carbocycles. The summed E-state index contributed by atoms with van der Waals surface area (Å²) >= 11 is 5.20. The second-order valence-corrected chi connectivity index (χ2v) is 5.68. The summed E-state index contributed by atoms with van der Waals surface area (Å²) in [7, 11) is 1.69. The van der Waals surface area contributed by atoms with Crippen LogP contribution in [0.4, 0.5) is 5.69 Å². The number of ether oxygens (including phenoxy) is 1. The minimum absolute atomic E-state index is 0.849. The van der Waals surface area contributed by atoms with Crippen molar-refractivity contribution in [2.45, 2.75) is 13.5 Å². The summed E-state index contributed by atoms with van der Waals surface area (Å²) in [5.41, 5.74) is 2.26. The Hall–Kier alpha value is -1.00. The van der Waals surface area contributed by atoms with Crippen molar-refractivity contribution in [1.82, 2.24) is 0 Å². The van der Waals surface area contributed by atoms with E-state index in [-0.39, 0.29) is 0 Å². The standard InChI is InChI=1S/C13H14BrNOS/c1-9-5-11(3-4-13(9)16-2)15-7-12-6-10(14)8-17-12/h3-6,8,15H,7H2,1-2H3. The van der Waals surface area contributed by atoms with E-state index < -0.39 is 0 Å². The Labute approximate surface area is 114 Å². The number of thiophene rings is 1. The molecule has 1 heterocycles. The highest BCUT2D eigenvalue weighted by Gasteiger charge is 2.01. The van der Waals surface area contributed by atoms with Crippen molar-refractivity contribution >= 4 is 33.0 Å². The number of benzene rings is 1. The lowest BCUT2D eigenvalue weighted by Crippen LogP contribution is -1.98. The van der Waals surface area contributed by atoms with Crippen LogP contribution in [0.5, 0.6) is 5.75 Å². The summed E-state index contributed by atoms with van der Waals surface area (Å²) in [6, 6.07) is 8.26. The average Bonchev–Trinajstić information content (AvgIpc) is 2.73. The number of aryl methyl sites for hydroxylation is 1. The Morgan fingerprint density at radius 3 is 2.76 bits per heavy atom. The molecule has 0 bridgehead atoms. The minimum atomic E-state index is 0.849. The minimum Gasteiger partial charge on any atom is -0.496 e. The Morgan fingerprint density at radius 2 is 2.18 bits per heavy atom. The first-order chi connectivity index (χ1) is 8.19. The SMILES string of the molecule is COc1ccc(NCc2cc(Br)cs2)cc1C. The molecule has 0 saturated carbocycles. The van der Waals surface area contributed by atoms with E-state index in [1.54, 1.807) is 18.4 Å². The van der Waals surface area contributed by atoms with E-state index in [9.17, 15) is 0 Å². The van der Waals surface area contributed by atoms with E-state index >= 15 is 0 Å². The summed E-state index contributed by atoms with van der Waals surface area (Å²) < 4.78 is 6.38. The fourth-order valence-electron chi connectivity index (χ4n) is 1.62. The zero-order valence-corrected chi connectivity index (χ0v) is 12.2. The van der Waals surface area contributed by atoms with Crippen molar-refractivity contribution in [2.75, 3.05) is 12.4 Å². The molecule has 90 valence electrons. The molecule has 4 heteroatoms. The molecule has 1 aromatic heterocycles. The second-order valence-electron chi connectivity index (χ2n) is 3.77. The van der Waals surface area contributed by atoms with Gasteiger partial charge < -0.3 is 10.1 Å². The smallest absolute Gasteiger partial charge is 0.121 e. The molecule has 0 amide bonds. The number of hydrogen-bond acceptors (Lipinski definition) is 3. The summed E-state index contributed by atoms with van der Waals surface area (Å²) in [6.45, 7) is 2.90. The summed E-state index contributed by atoms with van der Waals surface area (Å²) in [6.07, 6.45) is 0. The van der Waals surface area contributed by atoms with Gasteiger partial charge in [-0.15, -0.1) is 11.3 Å². The van der Waals surface area contributed by atoms with Gasteiger partial charge in [0.2, 0.25) is 0 Å². The summed E-state index contributed by atoms with van der Waals surface area (Å²) in [5, 5.41) is 5.49. The third-order valence-electron chi connectivity index (χ3n) is 2.48. The molecule has 0 radical (unpaired) electrons. The maximum absolute atomic E-state index is 5.23. The van der Waals surface area contributed by atoms with Gasteiger partial charge >= 0.3 is 0 Å². The van der Waals surface area contributed by atoms with Gasteiger partial charge in [0.15, 0.2) is 0 Å². The maximum atomic E-state index is 5.23. The largest absolute Gasteiger partial charge is 0.496 e. The van der Waals surface area contributed by atoms with Crippen LogP contribution >= 0.6 is 27.3 Å². The van der Waals surface area contributed by atoms with Gasteiger partial charge in [0.25, 0.3) is 0 Å². The number of anilines is 1. The van der Waals surface area contributed by atoms with E-state index in [1.807, 2.05) is 19.1 Å². The maximum Gasteiger partial charge on any atom is 0.121 e. The lowest BCUT2D eigenvalue weighted by molar-refractivity contribution is 0.412. The van der Waals surface area contributed by atoms with Gasteiger partial charge in [-0.3, -0.25) is 0 Å². The molecule has 0 spiro atoms. The third kappa shape index (κ3) is 3.23. The van der Waals surface area contributed by atoms with Gasteiger partial charge in [0.1, 0.15) is 5.75 Å². The molecule has 0 aliphatic rings. The molecule has 0 aliphatic heterocycles. The number of hydrogen-bond donors (Lipinski definition) is 1. The lowest BCUT2D eigenvalue weighted by atomic mass is 10.2. The molecule has 0 atom stereocenters. The van der Waals surface area contributed by atoms with Crippen LogP contribution in [-0.2, 0) is 6.54 Å². The number of halogens is 1. The number of methoxy groups -OCH3 is 1. The zero-order chi connectivity index (χ0) is 12.3. The molecule has 17 heavy (non-hydrogen) atoms. The number of rotatable bonds is 4. The fraction of sp³-hybridized carbons (Fsp3) is 0.231. The highest BCUT2D eigenvalue weighted by atomic mass is 79.9. The van der Waals surface area contributed by atoms with Gasteiger partial charge in [-0.1, -0.05) is 0 Å². The summed E-state index contributed by atoms with van der Waals surface area (Å²) in [5.74, 6) is 0.925. The normalized spacial score (nSPS) is 10.3. The molecule has 2 aromatic rings. The van der Waals surface area contributed by atoms with Gasteiger partial charge in [0.05, 0.1) is 7.11 Å². The predicted octanol–water partition coefficient (Wildman–Crippen LogP) is 4.44. The van der Waals surface area contributed by atoms with Crippen molar-refractivity contribution in [3.63, 3.8) is 0 Å². The van der Waals surface area contributed by atoms with Crippen LogP contribution in [0.25, 0.3) is 0 Å². The van der Waals surface area contributed by atoms with Gasteiger partial charge in [-0.25, -0.2) is 0 Å². The Bertz CT molecular complexity index is 510. The average molecular weight is 312 g/mol. The molecular formula is C13H14BrNOS. The van der Waals surface area contributed by atoms with Crippen LogP contribution in [0, 0.1) is 6.92 Å². The molecule has 0 saturated heterocycles. The van der Waals surface area contributed by atoms with Gasteiger partial charge in [0, 0.05) is 27.0 Å². The van der Waals surface area contributed by atoms with Crippen LogP contribution in [0.15, 0.2) is 34.1 Å². The van der Waals surface area contributed by atoms with Crippen molar-refractivity contribution in [3.8, 4) is 5.75 Å². The highest BCUT2D eigenvalue weighted by molar-refractivity contribution is 9.10. The van der Waals surface area contributed by atoms with Crippen LogP contribution in [0.1, 0.15) is 10.4 Å². The monoisotopic (exact) mass is 311 g/mol. The molecule has 1 N–H and O–H groups in total. The van der Waals surface area contributed by atoms with E-state index in [2.05, 4.69) is 38.8 Å². The van der Waals surface area contributed by atoms with Gasteiger partial charge in [-0.2, -0.15) is 0 Å². The van der Waals surface area contributed by atoms with E-state index in [0.29, 0.717) is 0 Å². The molecule has 2 nitrogen and oxygen atoms in total. The lowest BCUT2D eigenvalue weighted by Gasteiger charge is -2.09. The van der Waals surface area contributed by atoms with Crippen molar-refractivity contribution in [2.24, 2.45) is 0 Å². The van der Waals surface area contributed by atoms with Crippen LogP contribution in [0.2, 0.25) is 0 Å². The van der Waals surface area contributed by atoms with Crippen molar-refractivity contribution in [1.29, 1.82) is 0 Å². The van der Waals surface area contributed by atoms with E-state index in [4.69, 9.17) is 4.74 Å². The van der Waals surface area contributed by atoms with Crippen LogP contribution in [0.3, 0.4) is 0 Å². The third-order valence-corrected chi connectivity index (χ3v) is 4.18. The molecule has 2 rings (SSSR count). The van der Waals surface area contributed by atoms with Crippen LogP contribution in [-0.4, -0.2) is 7.11 Å². The first-order valence-electron chi connectivity index (χ1n) is 5.30. The molecular weight excluding hydrogens is 298 g/mol. The first kappa shape index (κ1) is 12.5. The Kier molecular flexibility index (Phi) is 4.07. The fourth-order valence-corrected chi connectivity index (χ4v) is 3.01. The van der Waals surface area contributed by atoms with E-state index in [1.165, 1.54) is 4.88 Å². The topological polar surface area (TPSA) is 21.3 Å². The Balaban J connectivity index is 2.02. The molecule has 0 aliphatic carbocycles. The van der Waals surface area contributed by atoms with Crippen molar-refractivity contribution in [3.05, 3.63) is 44.6 Å². The van der Waals surface area contributed by atoms with E-state index in [0.717, 1.165) is 28.0 Å². The summed E-state index contributed by atoms with van der Waals surface area (Å²) in [4.78, 5) is 1.31. The quantitative estimate of drug-likeness (QED) is 0.901. The zero-order valence-electron chi connectivity index (χ0n) is 9.79. The highest BCUT2D eigenvalue weighted by Crippen LogP contribution is 2.23. The molecule has 0 fully saturated rings. The second kappa shape index (κ2) is 5.56.